The molecule has 32 heavy (non-hydrogen) atoms. The first-order valence-corrected chi connectivity index (χ1v) is 9.61. The van der Waals surface area contributed by atoms with Crippen LogP contribution in [0.5, 0.6) is 5.75 Å². The number of hydrogen-bond acceptors (Lipinski definition) is 8. The summed E-state index contributed by atoms with van der Waals surface area (Å²) in [6.07, 6.45) is 0. The van der Waals surface area contributed by atoms with Crippen molar-refractivity contribution in [2.75, 3.05) is 23.5 Å². The minimum absolute atomic E-state index is 0.0414. The van der Waals surface area contributed by atoms with Gasteiger partial charge in [0.1, 0.15) is 17.4 Å². The van der Waals surface area contributed by atoms with E-state index in [-0.39, 0.29) is 23.4 Å². The molecule has 0 aliphatic carbocycles. The second-order valence-corrected chi connectivity index (χ2v) is 6.90. The molecule has 1 unspecified atom stereocenters. The molecule has 2 heterocycles. The fourth-order valence-electron chi connectivity index (χ4n) is 3.08. The molecule has 0 saturated carbocycles. The van der Waals surface area contributed by atoms with Crippen LogP contribution in [0.25, 0.3) is 11.3 Å². The van der Waals surface area contributed by atoms with Gasteiger partial charge in [-0.25, -0.2) is 8.78 Å². The predicted octanol–water partition coefficient (Wildman–Crippen LogP) is 4.05. The minimum atomic E-state index is -0.674. The molecule has 4 rings (SSSR count). The van der Waals surface area contributed by atoms with Gasteiger partial charge in [-0.15, -0.1) is 0 Å². The molecule has 0 aliphatic heterocycles. The van der Waals surface area contributed by atoms with Gasteiger partial charge < -0.3 is 21.1 Å². The predicted molar refractivity (Wildman–Crippen MR) is 116 cm³/mol. The second kappa shape index (κ2) is 8.84. The van der Waals surface area contributed by atoms with E-state index < -0.39 is 17.7 Å². The summed E-state index contributed by atoms with van der Waals surface area (Å²) in [4.78, 5) is 12.3. The third-order valence-electron chi connectivity index (χ3n) is 4.63. The molecule has 0 radical (unpaired) electrons. The van der Waals surface area contributed by atoms with Crippen LogP contribution in [-0.4, -0.2) is 32.3 Å². The van der Waals surface area contributed by atoms with Gasteiger partial charge in [0, 0.05) is 23.3 Å². The zero-order chi connectivity index (χ0) is 22.7. The van der Waals surface area contributed by atoms with Crippen molar-refractivity contribution >= 4 is 23.7 Å². The van der Waals surface area contributed by atoms with Gasteiger partial charge in [-0.2, -0.15) is 20.1 Å². The normalized spacial score (nSPS) is 11.8. The first kappa shape index (κ1) is 21.0. The molecule has 2 aromatic heterocycles. The number of rotatable bonds is 7. The van der Waals surface area contributed by atoms with Crippen molar-refractivity contribution in [1.82, 2.24) is 25.1 Å². The number of aromatic amines is 1. The molecule has 0 spiro atoms. The van der Waals surface area contributed by atoms with Crippen molar-refractivity contribution in [3.05, 3.63) is 65.7 Å². The van der Waals surface area contributed by atoms with E-state index in [1.807, 2.05) is 24.3 Å². The van der Waals surface area contributed by atoms with Gasteiger partial charge in [-0.3, -0.25) is 5.10 Å². The lowest BCUT2D eigenvalue weighted by atomic mass is 10.1. The first-order valence-electron chi connectivity index (χ1n) is 9.61. The second-order valence-electron chi connectivity index (χ2n) is 6.90. The largest absolute Gasteiger partial charge is 0.497 e. The lowest BCUT2D eigenvalue weighted by molar-refractivity contribution is 0.415. The number of nitrogens with one attached hydrogen (secondary N) is 3. The van der Waals surface area contributed by atoms with E-state index in [2.05, 4.69) is 35.8 Å². The average Bonchev–Trinajstić information content (AvgIpc) is 3.21. The highest BCUT2D eigenvalue weighted by atomic mass is 19.1. The summed E-state index contributed by atoms with van der Waals surface area (Å²) in [5.74, 6) is 0.0838. The van der Waals surface area contributed by atoms with Crippen molar-refractivity contribution < 1.29 is 13.5 Å². The molecule has 0 bridgehead atoms. The van der Waals surface area contributed by atoms with Crippen molar-refractivity contribution in [1.29, 1.82) is 0 Å². The number of H-pyrrole nitrogens is 1. The standard InChI is InChI=1S/C21H20F2N8O/c1-11(15-7-6-13(22)9-16(15)23)25-20-27-19(24)28-21(29-20)26-18-10-17(30-31-18)12-4-3-5-14(8-12)32-2/h3-11H,1-2H3,(H5,24,25,26,27,28,29,30,31). The molecular weight excluding hydrogens is 418 g/mol. The summed E-state index contributed by atoms with van der Waals surface area (Å²) >= 11 is 0. The van der Waals surface area contributed by atoms with E-state index >= 15 is 0 Å². The summed E-state index contributed by atoms with van der Waals surface area (Å²) < 4.78 is 32.5. The Morgan fingerprint density at radius 1 is 1.03 bits per heavy atom. The molecular formula is C21H20F2N8O. The van der Waals surface area contributed by atoms with E-state index in [9.17, 15) is 8.78 Å². The van der Waals surface area contributed by atoms with Crippen LogP contribution < -0.4 is 21.1 Å². The number of methoxy groups -OCH3 is 1. The fourth-order valence-corrected chi connectivity index (χ4v) is 3.08. The zero-order valence-electron chi connectivity index (χ0n) is 17.2. The third kappa shape index (κ3) is 4.72. The molecule has 4 aromatic rings. The van der Waals surface area contributed by atoms with Crippen molar-refractivity contribution in [3.63, 3.8) is 0 Å². The number of anilines is 4. The maximum absolute atomic E-state index is 14.0. The monoisotopic (exact) mass is 438 g/mol. The lowest BCUT2D eigenvalue weighted by Crippen LogP contribution is -2.14. The number of nitrogens with two attached hydrogens (primary N) is 1. The van der Waals surface area contributed by atoms with E-state index in [1.165, 1.54) is 12.1 Å². The molecule has 0 aliphatic rings. The number of nitrogen functional groups attached to an aromatic ring is 1. The summed E-state index contributed by atoms with van der Waals surface area (Å²) in [6, 6.07) is 12.1. The molecule has 11 heteroatoms. The summed E-state index contributed by atoms with van der Waals surface area (Å²) in [5, 5.41) is 13.0. The number of ether oxygens (including phenoxy) is 1. The van der Waals surface area contributed by atoms with E-state index in [1.54, 1.807) is 20.1 Å². The number of benzene rings is 2. The van der Waals surface area contributed by atoms with Crippen LogP contribution in [0.4, 0.5) is 32.4 Å². The van der Waals surface area contributed by atoms with Gasteiger partial charge in [-0.05, 0) is 25.1 Å². The van der Waals surface area contributed by atoms with Crippen LogP contribution >= 0.6 is 0 Å². The van der Waals surface area contributed by atoms with Gasteiger partial charge in [0.2, 0.25) is 17.8 Å². The van der Waals surface area contributed by atoms with E-state index in [0.717, 1.165) is 23.1 Å². The van der Waals surface area contributed by atoms with Crippen LogP contribution in [0.1, 0.15) is 18.5 Å². The highest BCUT2D eigenvalue weighted by molar-refractivity contribution is 5.66. The molecule has 9 nitrogen and oxygen atoms in total. The highest BCUT2D eigenvalue weighted by Gasteiger charge is 2.15. The summed E-state index contributed by atoms with van der Waals surface area (Å²) in [6.45, 7) is 1.69. The quantitative estimate of drug-likeness (QED) is 0.340. The maximum atomic E-state index is 14.0. The number of nitrogens with zero attached hydrogens (tertiary/aromatic N) is 4. The first-order chi connectivity index (χ1) is 15.4. The third-order valence-corrected chi connectivity index (χ3v) is 4.63. The molecule has 5 N–H and O–H groups in total. The van der Waals surface area contributed by atoms with Crippen molar-refractivity contribution in [2.24, 2.45) is 0 Å². The smallest absolute Gasteiger partial charge is 0.235 e. The lowest BCUT2D eigenvalue weighted by Gasteiger charge is -2.15. The number of halogens is 2. The van der Waals surface area contributed by atoms with Gasteiger partial charge in [0.25, 0.3) is 0 Å². The highest BCUT2D eigenvalue weighted by Crippen LogP contribution is 2.25. The van der Waals surface area contributed by atoms with Crippen LogP contribution in [0, 0.1) is 11.6 Å². The van der Waals surface area contributed by atoms with Gasteiger partial charge in [-0.1, -0.05) is 18.2 Å². The summed E-state index contributed by atoms with van der Waals surface area (Å²) in [5.41, 5.74) is 7.70. The number of aromatic nitrogens is 5. The van der Waals surface area contributed by atoms with Crippen LogP contribution in [0.15, 0.2) is 48.5 Å². The molecule has 0 fully saturated rings. The van der Waals surface area contributed by atoms with E-state index in [4.69, 9.17) is 10.5 Å². The van der Waals surface area contributed by atoms with Gasteiger partial charge >= 0.3 is 0 Å². The van der Waals surface area contributed by atoms with Crippen molar-refractivity contribution in [2.45, 2.75) is 13.0 Å². The Morgan fingerprint density at radius 3 is 2.62 bits per heavy atom. The maximum Gasteiger partial charge on any atom is 0.235 e. The Kier molecular flexibility index (Phi) is 5.79. The Bertz CT molecular complexity index is 1250. The Morgan fingerprint density at radius 2 is 1.84 bits per heavy atom. The van der Waals surface area contributed by atoms with Crippen LogP contribution in [-0.2, 0) is 0 Å². The topological polar surface area (TPSA) is 127 Å². The fraction of sp³-hybridized carbons (Fsp3) is 0.143. The number of hydrogen-bond donors (Lipinski definition) is 4. The molecule has 0 saturated heterocycles. The van der Waals surface area contributed by atoms with Crippen LogP contribution in [0.3, 0.4) is 0 Å². The molecule has 1 atom stereocenters. The molecule has 0 amide bonds. The van der Waals surface area contributed by atoms with E-state index in [0.29, 0.717) is 5.82 Å². The Hall–Kier alpha value is -4.28. The van der Waals surface area contributed by atoms with Crippen molar-refractivity contribution in [3.8, 4) is 17.0 Å². The van der Waals surface area contributed by atoms with Crippen LogP contribution in [0.2, 0.25) is 0 Å². The van der Waals surface area contributed by atoms with Gasteiger partial charge in [0.05, 0.1) is 18.8 Å². The molecule has 164 valence electrons. The summed E-state index contributed by atoms with van der Waals surface area (Å²) in [7, 11) is 1.60. The minimum Gasteiger partial charge on any atom is -0.497 e. The Labute approximate surface area is 182 Å². The Balaban J connectivity index is 1.51. The van der Waals surface area contributed by atoms with Gasteiger partial charge in [0.15, 0.2) is 5.82 Å². The zero-order valence-corrected chi connectivity index (χ0v) is 17.2. The SMILES string of the molecule is COc1cccc(-c2cc(Nc3nc(N)nc(NC(C)c4ccc(F)cc4F)n3)n[nH]2)c1. The molecule has 2 aromatic carbocycles. The average molecular weight is 438 g/mol.